The Morgan fingerprint density at radius 1 is 0.211 bits per heavy atom. The highest BCUT2D eigenvalue weighted by atomic mass is 14.7. The molecule has 0 amide bonds. The molecule has 2 spiro atoms. The number of benzene rings is 14. The van der Waals surface area contributed by atoms with Crippen molar-refractivity contribution in [1.82, 2.24) is 9.97 Å². The molecule has 2 heterocycles. The van der Waals surface area contributed by atoms with E-state index in [1.807, 2.05) is 12.4 Å². The molecule has 0 fully saturated rings. The Hall–Kier alpha value is -11.6. The SMILES string of the molecule is c1ccc2c(c1)-c1ccccc1C21c2ccc3ccccc3c2-c2c1cc(-c1ccc(-c3ccc(-c4cccc5c6c(ccc45)C4(c5ccccc5-c5ccccc54)c4cc(-c5ccc(-c7ccncc7)cc5)c5ccccc5c4-6)cn3)cc1)c1ccccc21. The average molecular weight is 1140 g/mol. The van der Waals surface area contributed by atoms with Gasteiger partial charge in [-0.15, -0.1) is 0 Å². The van der Waals surface area contributed by atoms with E-state index in [4.69, 9.17) is 4.98 Å². The van der Waals surface area contributed by atoms with E-state index in [9.17, 15) is 0 Å². The van der Waals surface area contributed by atoms with Crippen molar-refractivity contribution < 1.29 is 0 Å². The van der Waals surface area contributed by atoms with E-state index in [1.54, 1.807) is 0 Å². The Bertz CT molecular complexity index is 5670. The molecule has 0 unspecified atom stereocenters. The zero-order valence-corrected chi connectivity index (χ0v) is 48.9. The summed E-state index contributed by atoms with van der Waals surface area (Å²) < 4.78 is 0. The van der Waals surface area contributed by atoms with E-state index in [2.05, 4.69) is 308 Å². The first-order valence-electron chi connectivity index (χ1n) is 31.3. The minimum absolute atomic E-state index is 0.480. The van der Waals surface area contributed by atoms with E-state index in [-0.39, 0.29) is 0 Å². The smallest absolute Gasteiger partial charge is 0.0726 e. The number of pyridine rings is 2. The van der Waals surface area contributed by atoms with Gasteiger partial charge in [-0.1, -0.05) is 267 Å². The van der Waals surface area contributed by atoms with Gasteiger partial charge in [0.05, 0.1) is 16.5 Å². The van der Waals surface area contributed by atoms with Gasteiger partial charge < -0.3 is 0 Å². The third-order valence-corrected chi connectivity index (χ3v) is 20.9. The zero-order valence-electron chi connectivity index (χ0n) is 48.9. The minimum Gasteiger partial charge on any atom is -0.265 e. The second kappa shape index (κ2) is 18.5. The number of fused-ring (bicyclic) bond motifs is 28. The molecule has 2 aromatic heterocycles. The summed E-state index contributed by atoms with van der Waals surface area (Å²) in [6.07, 6.45) is 5.81. The largest absolute Gasteiger partial charge is 0.265 e. The zero-order chi connectivity index (χ0) is 58.8. The average Bonchev–Trinajstić information content (AvgIpc) is 1.51. The fraction of sp³-hybridized carbons (Fsp3) is 0.0227. The second-order valence-electron chi connectivity index (χ2n) is 24.9. The first-order valence-corrected chi connectivity index (χ1v) is 31.3. The van der Waals surface area contributed by atoms with Gasteiger partial charge in [0.1, 0.15) is 0 Å². The molecule has 4 aliphatic carbocycles. The van der Waals surface area contributed by atoms with Gasteiger partial charge in [-0.3, -0.25) is 9.97 Å². The second-order valence-corrected chi connectivity index (χ2v) is 24.9. The van der Waals surface area contributed by atoms with Crippen LogP contribution in [0, 0.1) is 0 Å². The van der Waals surface area contributed by atoms with E-state index < -0.39 is 10.8 Å². The van der Waals surface area contributed by atoms with Crippen LogP contribution < -0.4 is 0 Å². The van der Waals surface area contributed by atoms with Crippen LogP contribution in [0.4, 0.5) is 0 Å². The molecule has 0 atom stereocenters. The van der Waals surface area contributed by atoms with Crippen LogP contribution in [0.15, 0.2) is 316 Å². The van der Waals surface area contributed by atoms with Crippen LogP contribution in [0.25, 0.3) is 143 Å². The van der Waals surface area contributed by atoms with Crippen molar-refractivity contribution in [3.05, 3.63) is 360 Å². The highest BCUT2D eigenvalue weighted by Gasteiger charge is 2.54. The van der Waals surface area contributed by atoms with Gasteiger partial charge in [0.15, 0.2) is 0 Å². The normalized spacial score (nSPS) is 13.7. The van der Waals surface area contributed by atoms with Crippen LogP contribution in [-0.2, 0) is 10.8 Å². The lowest BCUT2D eigenvalue weighted by Crippen LogP contribution is -2.26. The lowest BCUT2D eigenvalue weighted by Gasteiger charge is -2.31. The number of aromatic nitrogens is 2. The predicted molar refractivity (Wildman–Crippen MR) is 372 cm³/mol. The molecule has 14 aromatic carbocycles. The fourth-order valence-electron chi connectivity index (χ4n) is 17.3. The van der Waals surface area contributed by atoms with Crippen molar-refractivity contribution in [3.8, 4) is 100 Å². The summed E-state index contributed by atoms with van der Waals surface area (Å²) in [5.74, 6) is 0. The summed E-state index contributed by atoms with van der Waals surface area (Å²) >= 11 is 0. The van der Waals surface area contributed by atoms with Crippen LogP contribution in [-0.4, -0.2) is 9.97 Å². The van der Waals surface area contributed by atoms with Crippen molar-refractivity contribution >= 4 is 43.1 Å². The fourth-order valence-corrected chi connectivity index (χ4v) is 17.3. The number of nitrogens with zero attached hydrogens (tertiary/aromatic N) is 2. The molecule has 90 heavy (non-hydrogen) atoms. The quantitative estimate of drug-likeness (QED) is 0.172. The van der Waals surface area contributed by atoms with Gasteiger partial charge in [-0.2, -0.15) is 0 Å². The van der Waals surface area contributed by atoms with Crippen LogP contribution in [0.1, 0.15) is 44.5 Å². The van der Waals surface area contributed by atoms with Gasteiger partial charge in [-0.25, -0.2) is 0 Å². The maximum atomic E-state index is 5.29. The van der Waals surface area contributed by atoms with Crippen LogP contribution in [0.2, 0.25) is 0 Å². The van der Waals surface area contributed by atoms with Gasteiger partial charge in [-0.05, 0) is 201 Å². The van der Waals surface area contributed by atoms with Crippen LogP contribution >= 0.6 is 0 Å². The third kappa shape index (κ3) is 6.46. The van der Waals surface area contributed by atoms with E-state index in [1.165, 1.54) is 165 Å². The van der Waals surface area contributed by atoms with Crippen molar-refractivity contribution in [2.75, 3.05) is 0 Å². The number of rotatable bonds is 5. The Morgan fingerprint density at radius 2 is 0.589 bits per heavy atom. The van der Waals surface area contributed by atoms with E-state index in [0.29, 0.717) is 0 Å². The molecular formula is C88H52N2. The topological polar surface area (TPSA) is 25.8 Å². The standard InChI is InChI=1S/C88H52N2/c1-2-17-61-55(16-1)40-43-78-83(61)85-69-24-5-3-18-62(69)73(50-80(85)87(78)74-28-11-7-20-65(74)66-21-8-12-29-75(66)87)57-36-38-58(39-37-57)82-45-41-59(52-90-82)60-26-15-27-71-64(60)42-44-79-84(71)86-70-25-6-4-19-63(70)72(56-34-32-53(33-35-56)54-46-48-89-49-47-54)51-81(86)88(79)76-30-13-9-22-67(76)68-23-10-14-31-77(68)88/h1-52H. The summed E-state index contributed by atoms with van der Waals surface area (Å²) in [6.45, 7) is 0. The minimum atomic E-state index is -0.540. The lowest BCUT2D eigenvalue weighted by molar-refractivity contribution is 0.795. The lowest BCUT2D eigenvalue weighted by atomic mass is 9.69. The number of hydrogen-bond acceptors (Lipinski definition) is 2. The molecule has 0 radical (unpaired) electrons. The summed E-state index contributed by atoms with van der Waals surface area (Å²) in [4.78, 5) is 9.57. The summed E-state index contributed by atoms with van der Waals surface area (Å²) in [5, 5.41) is 10.0. The van der Waals surface area contributed by atoms with Crippen molar-refractivity contribution in [2.24, 2.45) is 0 Å². The molecule has 0 bridgehead atoms. The maximum absolute atomic E-state index is 5.29. The number of hydrogen-bond donors (Lipinski definition) is 0. The molecule has 2 nitrogen and oxygen atoms in total. The monoisotopic (exact) mass is 1140 g/mol. The van der Waals surface area contributed by atoms with Gasteiger partial charge in [0, 0.05) is 29.7 Å². The van der Waals surface area contributed by atoms with Gasteiger partial charge in [0.25, 0.3) is 0 Å². The Labute approximate surface area is 521 Å². The van der Waals surface area contributed by atoms with Crippen LogP contribution in [0.3, 0.4) is 0 Å². The van der Waals surface area contributed by atoms with Crippen molar-refractivity contribution in [1.29, 1.82) is 0 Å². The van der Waals surface area contributed by atoms with E-state index >= 15 is 0 Å². The Morgan fingerprint density at radius 3 is 1.11 bits per heavy atom. The Kier molecular flexibility index (Phi) is 10.2. The van der Waals surface area contributed by atoms with E-state index in [0.717, 1.165) is 22.4 Å². The highest BCUT2D eigenvalue weighted by Crippen LogP contribution is 2.68. The third-order valence-electron chi connectivity index (χ3n) is 20.9. The first kappa shape index (κ1) is 49.5. The predicted octanol–water partition coefficient (Wildman–Crippen LogP) is 22.1. The molecule has 16 aromatic rings. The summed E-state index contributed by atoms with van der Waals surface area (Å²) in [6, 6.07) is 112. The summed E-state index contributed by atoms with van der Waals surface area (Å²) in [7, 11) is 0. The van der Waals surface area contributed by atoms with Gasteiger partial charge >= 0.3 is 0 Å². The molecule has 0 saturated carbocycles. The molecule has 2 heteroatoms. The molecule has 0 aliphatic heterocycles. The molecule has 0 N–H and O–H groups in total. The van der Waals surface area contributed by atoms with Crippen LogP contribution in [0.5, 0.6) is 0 Å². The summed E-state index contributed by atoms with van der Waals surface area (Å²) in [5.41, 5.74) is 31.7. The maximum Gasteiger partial charge on any atom is 0.0726 e. The first-order chi connectivity index (χ1) is 44.7. The molecular weight excluding hydrogens is 1080 g/mol. The molecule has 414 valence electrons. The highest BCUT2D eigenvalue weighted by molar-refractivity contribution is 6.19. The van der Waals surface area contributed by atoms with Crippen molar-refractivity contribution in [3.63, 3.8) is 0 Å². The van der Waals surface area contributed by atoms with Gasteiger partial charge in [0.2, 0.25) is 0 Å². The Balaban J connectivity index is 0.714. The molecule has 4 aliphatic rings. The molecule has 20 rings (SSSR count). The van der Waals surface area contributed by atoms with Crippen molar-refractivity contribution in [2.45, 2.75) is 10.8 Å². The molecule has 0 saturated heterocycles.